The Balaban J connectivity index is 1.91. The van der Waals surface area contributed by atoms with Gasteiger partial charge < -0.3 is 9.84 Å². The molecular weight excluding hydrogens is 316 g/mol. The van der Waals surface area contributed by atoms with Crippen LogP contribution in [0, 0.1) is 6.92 Å². The molecule has 1 amide bonds. The Morgan fingerprint density at radius 2 is 2.00 bits per heavy atom. The molecule has 7 heteroatoms. The van der Waals surface area contributed by atoms with Crippen LogP contribution in [0.1, 0.15) is 29.5 Å². The lowest BCUT2D eigenvalue weighted by atomic mass is 10.00. The average Bonchev–Trinajstić information content (AvgIpc) is 2.99. The summed E-state index contributed by atoms with van der Waals surface area (Å²) in [6.07, 6.45) is 0.409. The van der Waals surface area contributed by atoms with Gasteiger partial charge in [-0.15, -0.1) is 0 Å². The fraction of sp³-hybridized carbons (Fsp3) is 0.375. The molecule has 1 N–H and O–H groups in total. The molecule has 1 fully saturated rings. The zero-order valence-corrected chi connectivity index (χ0v) is 13.8. The van der Waals surface area contributed by atoms with Crippen molar-refractivity contribution in [3.63, 3.8) is 0 Å². The molecular formula is C16H18N2O4S. The molecule has 0 aliphatic carbocycles. The highest BCUT2D eigenvalue weighted by Gasteiger charge is 2.40. The Morgan fingerprint density at radius 3 is 2.61 bits per heavy atom. The summed E-state index contributed by atoms with van der Waals surface area (Å²) in [5.41, 5.74) is 0.832. The first-order chi connectivity index (χ1) is 10.8. The van der Waals surface area contributed by atoms with Crippen molar-refractivity contribution in [1.29, 1.82) is 0 Å². The number of carbonyl (C=O) groups is 1. The van der Waals surface area contributed by atoms with Gasteiger partial charge in [-0.3, -0.25) is 4.79 Å². The van der Waals surface area contributed by atoms with Crippen LogP contribution in [0.25, 0.3) is 11.3 Å². The van der Waals surface area contributed by atoms with Gasteiger partial charge in [0.2, 0.25) is 0 Å². The van der Waals surface area contributed by atoms with Crippen LogP contribution in [-0.4, -0.2) is 36.5 Å². The summed E-state index contributed by atoms with van der Waals surface area (Å²) in [5.74, 6) is 0.0994. The molecule has 0 bridgehead atoms. The van der Waals surface area contributed by atoms with Crippen LogP contribution in [-0.2, 0) is 9.84 Å². The monoisotopic (exact) mass is 334 g/mol. The van der Waals surface area contributed by atoms with Gasteiger partial charge in [0.1, 0.15) is 17.0 Å². The van der Waals surface area contributed by atoms with E-state index in [1.165, 1.54) is 0 Å². The molecule has 6 nitrogen and oxygen atoms in total. The SMILES string of the molecule is Cc1onc(-c2ccccc2)c1C(=O)NC1(C)CCS(=O)(=O)C1. The topological polar surface area (TPSA) is 89.3 Å². The highest BCUT2D eigenvalue weighted by atomic mass is 32.2. The molecule has 1 aliphatic rings. The number of nitrogens with one attached hydrogen (secondary N) is 1. The van der Waals surface area contributed by atoms with E-state index in [9.17, 15) is 13.2 Å². The fourth-order valence-electron chi connectivity index (χ4n) is 2.88. The van der Waals surface area contributed by atoms with Crippen molar-refractivity contribution in [2.24, 2.45) is 0 Å². The number of nitrogens with zero attached hydrogens (tertiary/aromatic N) is 1. The molecule has 2 aromatic rings. The summed E-state index contributed by atoms with van der Waals surface area (Å²) in [4.78, 5) is 12.7. The van der Waals surface area contributed by atoms with Crippen molar-refractivity contribution in [2.75, 3.05) is 11.5 Å². The first-order valence-corrected chi connectivity index (χ1v) is 9.16. The number of benzene rings is 1. The summed E-state index contributed by atoms with van der Waals surface area (Å²) in [5, 5.41) is 6.83. The van der Waals surface area contributed by atoms with Crippen molar-refractivity contribution in [3.8, 4) is 11.3 Å². The van der Waals surface area contributed by atoms with Crippen molar-refractivity contribution >= 4 is 15.7 Å². The number of carbonyl (C=O) groups excluding carboxylic acids is 1. The zero-order valence-electron chi connectivity index (χ0n) is 13.0. The maximum atomic E-state index is 12.7. The maximum Gasteiger partial charge on any atom is 0.257 e. The normalized spacial score (nSPS) is 22.9. The Morgan fingerprint density at radius 1 is 1.30 bits per heavy atom. The van der Waals surface area contributed by atoms with Crippen LogP contribution in [0.5, 0.6) is 0 Å². The molecule has 1 unspecified atom stereocenters. The summed E-state index contributed by atoms with van der Waals surface area (Å²) in [6.45, 7) is 3.42. The van der Waals surface area contributed by atoms with Gasteiger partial charge in [-0.05, 0) is 20.3 Å². The van der Waals surface area contributed by atoms with E-state index in [4.69, 9.17) is 4.52 Å². The predicted molar refractivity (Wildman–Crippen MR) is 85.8 cm³/mol. The standard InChI is InChI=1S/C16H18N2O4S/c1-11-13(14(18-22-11)12-6-4-3-5-7-12)15(19)17-16(2)8-9-23(20,21)10-16/h3-7H,8-10H2,1-2H3,(H,17,19). The second-order valence-corrected chi connectivity index (χ2v) is 8.37. The Kier molecular flexibility index (Phi) is 3.75. The average molecular weight is 334 g/mol. The third-order valence-electron chi connectivity index (χ3n) is 4.06. The number of amides is 1. The number of hydrogen-bond acceptors (Lipinski definition) is 5. The lowest BCUT2D eigenvalue weighted by Gasteiger charge is -2.23. The van der Waals surface area contributed by atoms with Crippen LogP contribution < -0.4 is 5.32 Å². The summed E-state index contributed by atoms with van der Waals surface area (Å²) >= 11 is 0. The summed E-state index contributed by atoms with van der Waals surface area (Å²) in [6, 6.07) is 9.27. The fourth-order valence-corrected chi connectivity index (χ4v) is 4.97. The van der Waals surface area contributed by atoms with E-state index in [0.29, 0.717) is 23.4 Å². The molecule has 1 aliphatic heterocycles. The van der Waals surface area contributed by atoms with E-state index in [2.05, 4.69) is 10.5 Å². The van der Waals surface area contributed by atoms with E-state index in [0.717, 1.165) is 5.56 Å². The zero-order chi connectivity index (χ0) is 16.7. The molecule has 0 saturated carbocycles. The molecule has 0 radical (unpaired) electrons. The number of sulfone groups is 1. The van der Waals surface area contributed by atoms with Gasteiger partial charge in [-0.25, -0.2) is 8.42 Å². The van der Waals surface area contributed by atoms with Gasteiger partial charge in [0.05, 0.1) is 17.0 Å². The van der Waals surface area contributed by atoms with Gasteiger partial charge in [0, 0.05) is 5.56 Å². The molecule has 3 rings (SSSR count). The van der Waals surface area contributed by atoms with Gasteiger partial charge in [0.15, 0.2) is 9.84 Å². The largest absolute Gasteiger partial charge is 0.360 e. The third kappa shape index (κ3) is 3.14. The van der Waals surface area contributed by atoms with Gasteiger partial charge >= 0.3 is 0 Å². The van der Waals surface area contributed by atoms with Crippen molar-refractivity contribution in [1.82, 2.24) is 10.5 Å². The van der Waals surface area contributed by atoms with Crippen molar-refractivity contribution in [3.05, 3.63) is 41.7 Å². The van der Waals surface area contributed by atoms with Crippen molar-refractivity contribution < 1.29 is 17.7 Å². The minimum Gasteiger partial charge on any atom is -0.360 e. The van der Waals surface area contributed by atoms with E-state index in [1.807, 2.05) is 30.3 Å². The molecule has 1 aromatic heterocycles. The lowest BCUT2D eigenvalue weighted by Crippen LogP contribution is -2.47. The van der Waals surface area contributed by atoms with Gasteiger partial charge in [-0.1, -0.05) is 35.5 Å². The summed E-state index contributed by atoms with van der Waals surface area (Å²) < 4.78 is 28.6. The predicted octanol–water partition coefficient (Wildman–Crippen LogP) is 1.96. The van der Waals surface area contributed by atoms with Crippen LogP contribution in [0.3, 0.4) is 0 Å². The van der Waals surface area contributed by atoms with Crippen LogP contribution >= 0.6 is 0 Å². The first kappa shape index (κ1) is 15.7. The molecule has 0 spiro atoms. The number of aryl methyl sites for hydroxylation is 1. The minimum atomic E-state index is -3.09. The minimum absolute atomic E-state index is 0.0449. The quantitative estimate of drug-likeness (QED) is 0.927. The van der Waals surface area contributed by atoms with Gasteiger partial charge in [0.25, 0.3) is 5.91 Å². The second kappa shape index (κ2) is 5.49. The highest BCUT2D eigenvalue weighted by Crippen LogP contribution is 2.28. The Labute approximate surface area is 134 Å². The molecule has 23 heavy (non-hydrogen) atoms. The van der Waals surface area contributed by atoms with Crippen LogP contribution in [0.4, 0.5) is 0 Å². The lowest BCUT2D eigenvalue weighted by molar-refractivity contribution is 0.0914. The third-order valence-corrected chi connectivity index (χ3v) is 5.96. The Hall–Kier alpha value is -2.15. The molecule has 2 heterocycles. The van der Waals surface area contributed by atoms with E-state index in [1.54, 1.807) is 13.8 Å². The van der Waals surface area contributed by atoms with Gasteiger partial charge in [-0.2, -0.15) is 0 Å². The first-order valence-electron chi connectivity index (χ1n) is 7.34. The van der Waals surface area contributed by atoms with Crippen molar-refractivity contribution in [2.45, 2.75) is 25.8 Å². The maximum absolute atomic E-state index is 12.7. The van der Waals surface area contributed by atoms with E-state index in [-0.39, 0.29) is 17.4 Å². The number of hydrogen-bond donors (Lipinski definition) is 1. The molecule has 1 atom stereocenters. The second-order valence-electron chi connectivity index (χ2n) is 6.19. The van der Waals surface area contributed by atoms with E-state index < -0.39 is 15.4 Å². The molecule has 122 valence electrons. The summed E-state index contributed by atoms with van der Waals surface area (Å²) in [7, 11) is -3.09. The van der Waals surface area contributed by atoms with Crippen LogP contribution in [0.15, 0.2) is 34.9 Å². The van der Waals surface area contributed by atoms with E-state index >= 15 is 0 Å². The molecule has 1 aromatic carbocycles. The van der Waals surface area contributed by atoms with Crippen LogP contribution in [0.2, 0.25) is 0 Å². The highest BCUT2D eigenvalue weighted by molar-refractivity contribution is 7.91. The smallest absolute Gasteiger partial charge is 0.257 e. The number of aromatic nitrogens is 1. The molecule has 1 saturated heterocycles. The number of rotatable bonds is 3. The Bertz CT molecular complexity index is 842.